The third-order valence-corrected chi connectivity index (χ3v) is 8.03. The van der Waals surface area contributed by atoms with E-state index < -0.39 is 0 Å². The van der Waals surface area contributed by atoms with Crippen LogP contribution in [0.15, 0.2) is 71.2 Å². The van der Waals surface area contributed by atoms with Gasteiger partial charge in [-0.1, -0.05) is 0 Å². The molecule has 2 rings (SSSR count). The van der Waals surface area contributed by atoms with Crippen LogP contribution in [0.4, 0.5) is 0 Å². The predicted octanol–water partition coefficient (Wildman–Crippen LogP) is 3.39. The molecule has 0 aliphatic rings. The fraction of sp³-hybridized carbons (Fsp3) is 0.263. The second kappa shape index (κ2) is 8.01. The Labute approximate surface area is 141 Å². The van der Waals surface area contributed by atoms with Crippen LogP contribution in [0.25, 0.3) is 0 Å². The van der Waals surface area contributed by atoms with Crippen molar-refractivity contribution in [3.05, 3.63) is 71.2 Å². The van der Waals surface area contributed by atoms with Crippen molar-refractivity contribution >= 4 is 38.8 Å². The standard InChI is InChI=1S/C19H22Se2/c1-19(2,3)14-18(21-17-12-8-5-9-13-17)15-20-16-10-6-4-7-11-16/h4-14H,15H2,1-3H3/b18-14-. The summed E-state index contributed by atoms with van der Waals surface area (Å²) in [6.45, 7) is 6.89. The third-order valence-electron chi connectivity index (χ3n) is 2.71. The Hall–Kier alpha value is -0.781. The zero-order valence-corrected chi connectivity index (χ0v) is 16.3. The summed E-state index contributed by atoms with van der Waals surface area (Å²) in [6.07, 6.45) is 2.49. The van der Waals surface area contributed by atoms with Crippen LogP contribution in [-0.2, 0) is 0 Å². The van der Waals surface area contributed by atoms with Gasteiger partial charge in [0.2, 0.25) is 0 Å². The van der Waals surface area contributed by atoms with Gasteiger partial charge in [0.05, 0.1) is 0 Å². The molecule has 0 spiro atoms. The van der Waals surface area contributed by atoms with E-state index in [1.54, 1.807) is 4.47 Å². The molecule has 0 amide bonds. The molecule has 0 aliphatic carbocycles. The van der Waals surface area contributed by atoms with E-state index >= 15 is 0 Å². The predicted molar refractivity (Wildman–Crippen MR) is 96.0 cm³/mol. The molecule has 0 aromatic heterocycles. The monoisotopic (exact) mass is 410 g/mol. The van der Waals surface area contributed by atoms with Crippen LogP contribution in [0, 0.1) is 5.41 Å². The van der Waals surface area contributed by atoms with Gasteiger partial charge in [0.15, 0.2) is 0 Å². The molecular formula is C19H22Se2. The van der Waals surface area contributed by atoms with Gasteiger partial charge < -0.3 is 0 Å². The van der Waals surface area contributed by atoms with E-state index in [-0.39, 0.29) is 5.41 Å². The number of hydrogen-bond acceptors (Lipinski definition) is 0. The van der Waals surface area contributed by atoms with E-state index in [4.69, 9.17) is 0 Å². The number of allylic oxidation sites excluding steroid dienone is 2. The minimum atomic E-state index is 0.263. The molecule has 0 saturated carbocycles. The molecule has 0 fully saturated rings. The molecule has 0 unspecified atom stereocenters. The van der Waals surface area contributed by atoms with E-state index in [0.29, 0.717) is 29.9 Å². The summed E-state index contributed by atoms with van der Waals surface area (Å²) in [4.78, 5) is 0. The van der Waals surface area contributed by atoms with Gasteiger partial charge in [-0.3, -0.25) is 0 Å². The first kappa shape index (κ1) is 16.6. The summed E-state index contributed by atoms with van der Waals surface area (Å²) in [5.41, 5.74) is 0.263. The van der Waals surface area contributed by atoms with Crippen LogP contribution in [0.1, 0.15) is 20.8 Å². The molecule has 0 N–H and O–H groups in total. The Morgan fingerprint density at radius 3 is 1.90 bits per heavy atom. The van der Waals surface area contributed by atoms with Crippen LogP contribution < -0.4 is 8.92 Å². The molecule has 0 bridgehead atoms. The summed E-state index contributed by atoms with van der Waals surface area (Å²) < 4.78 is 4.60. The van der Waals surface area contributed by atoms with Crippen LogP contribution in [-0.4, -0.2) is 29.9 Å². The molecule has 110 valence electrons. The Bertz CT molecular complexity index is 566. The Balaban J connectivity index is 2.08. The number of benzene rings is 2. The molecule has 2 aromatic rings. The van der Waals surface area contributed by atoms with Gasteiger partial charge in [-0.15, -0.1) is 0 Å². The molecule has 0 atom stereocenters. The SMILES string of the molecule is CC(C)(C)/C=C(/C[Se]c1ccccc1)[Se]c1ccccc1. The summed E-state index contributed by atoms with van der Waals surface area (Å²) in [5, 5.41) is 1.23. The van der Waals surface area contributed by atoms with Crippen molar-refractivity contribution in [2.24, 2.45) is 5.41 Å². The Morgan fingerprint density at radius 1 is 0.857 bits per heavy atom. The average molecular weight is 408 g/mol. The minimum absolute atomic E-state index is 0.263. The zero-order valence-electron chi connectivity index (χ0n) is 12.9. The van der Waals surface area contributed by atoms with E-state index in [0.717, 1.165) is 0 Å². The van der Waals surface area contributed by atoms with Crippen molar-refractivity contribution < 1.29 is 0 Å². The van der Waals surface area contributed by atoms with E-state index in [1.807, 2.05) is 0 Å². The molecule has 2 aromatic carbocycles. The van der Waals surface area contributed by atoms with Gasteiger partial charge in [-0.25, -0.2) is 0 Å². The van der Waals surface area contributed by atoms with Crippen molar-refractivity contribution in [2.75, 3.05) is 0 Å². The third kappa shape index (κ3) is 6.67. The molecule has 0 aliphatic heterocycles. The zero-order chi connectivity index (χ0) is 15.1. The fourth-order valence-corrected chi connectivity index (χ4v) is 6.98. The topological polar surface area (TPSA) is 0 Å². The van der Waals surface area contributed by atoms with Gasteiger partial charge in [0.25, 0.3) is 0 Å². The van der Waals surface area contributed by atoms with Gasteiger partial charge in [-0.2, -0.15) is 0 Å². The van der Waals surface area contributed by atoms with Gasteiger partial charge in [0.1, 0.15) is 0 Å². The summed E-state index contributed by atoms with van der Waals surface area (Å²) in [5.74, 6) is 0. The molecular weight excluding hydrogens is 386 g/mol. The van der Waals surface area contributed by atoms with Gasteiger partial charge in [0, 0.05) is 0 Å². The van der Waals surface area contributed by atoms with E-state index in [2.05, 4.69) is 87.5 Å². The molecule has 21 heavy (non-hydrogen) atoms. The second-order valence-electron chi connectivity index (χ2n) is 5.99. The van der Waals surface area contributed by atoms with E-state index in [9.17, 15) is 0 Å². The molecule has 0 saturated heterocycles. The fourth-order valence-electron chi connectivity index (χ4n) is 1.89. The summed E-state index contributed by atoms with van der Waals surface area (Å²) in [6, 6.07) is 21.8. The maximum atomic E-state index is 2.49. The van der Waals surface area contributed by atoms with Crippen LogP contribution >= 0.6 is 0 Å². The maximum absolute atomic E-state index is 2.49. The Morgan fingerprint density at radius 2 is 1.38 bits per heavy atom. The quantitative estimate of drug-likeness (QED) is 0.666. The van der Waals surface area contributed by atoms with Crippen molar-refractivity contribution in [2.45, 2.75) is 26.1 Å². The molecule has 2 heteroatoms. The van der Waals surface area contributed by atoms with Crippen molar-refractivity contribution in [1.82, 2.24) is 0 Å². The first-order valence-electron chi connectivity index (χ1n) is 7.15. The molecule has 0 radical (unpaired) electrons. The summed E-state index contributed by atoms with van der Waals surface area (Å²) >= 11 is 0.986. The van der Waals surface area contributed by atoms with Crippen LogP contribution in [0.5, 0.6) is 0 Å². The number of rotatable bonds is 5. The van der Waals surface area contributed by atoms with Crippen molar-refractivity contribution in [1.29, 1.82) is 0 Å². The van der Waals surface area contributed by atoms with Crippen LogP contribution in [0.3, 0.4) is 0 Å². The molecule has 0 heterocycles. The van der Waals surface area contributed by atoms with Gasteiger partial charge in [-0.05, 0) is 0 Å². The Kier molecular flexibility index (Phi) is 6.33. The summed E-state index contributed by atoms with van der Waals surface area (Å²) in [7, 11) is 0. The van der Waals surface area contributed by atoms with Crippen molar-refractivity contribution in [3.8, 4) is 0 Å². The molecule has 0 nitrogen and oxygen atoms in total. The van der Waals surface area contributed by atoms with Crippen molar-refractivity contribution in [3.63, 3.8) is 0 Å². The second-order valence-corrected chi connectivity index (χ2v) is 10.7. The first-order chi connectivity index (χ1) is 10.0. The first-order valence-corrected chi connectivity index (χ1v) is 10.9. The van der Waals surface area contributed by atoms with E-state index in [1.165, 1.54) is 14.2 Å². The average Bonchev–Trinajstić information content (AvgIpc) is 2.45. The van der Waals surface area contributed by atoms with Gasteiger partial charge >= 0.3 is 142 Å². The van der Waals surface area contributed by atoms with Crippen LogP contribution in [0.2, 0.25) is 5.32 Å². The number of hydrogen-bond donors (Lipinski definition) is 0. The normalized spacial score (nSPS) is 12.4.